The van der Waals surface area contributed by atoms with Gasteiger partial charge in [0.1, 0.15) is 6.04 Å². The number of H-pyrrole nitrogens is 2. The summed E-state index contributed by atoms with van der Waals surface area (Å²) in [6, 6.07) is -1.15. The van der Waals surface area contributed by atoms with Crippen molar-refractivity contribution in [2.45, 2.75) is 23.8 Å². The fourth-order valence-corrected chi connectivity index (χ4v) is 2.89. The van der Waals surface area contributed by atoms with Gasteiger partial charge in [0.15, 0.2) is 4.90 Å². The minimum Gasteiger partial charge on any atom is -0.313 e. The van der Waals surface area contributed by atoms with Crippen LogP contribution >= 0.6 is 0 Å². The van der Waals surface area contributed by atoms with E-state index in [2.05, 4.69) is 0 Å². The van der Waals surface area contributed by atoms with Gasteiger partial charge < -0.3 is 4.98 Å². The Labute approximate surface area is 111 Å². The maximum absolute atomic E-state index is 11.9. The molecule has 11 heteroatoms. The van der Waals surface area contributed by atoms with Crippen LogP contribution in [0.4, 0.5) is 0 Å². The number of carbonyl (C=O) groups excluding carboxylic acids is 2. The number of hydrogen-bond acceptors (Lipinski definition) is 6. The third-order valence-corrected chi connectivity index (χ3v) is 4.09. The van der Waals surface area contributed by atoms with Crippen LogP contribution in [-0.4, -0.2) is 36.2 Å². The summed E-state index contributed by atoms with van der Waals surface area (Å²) in [7, 11) is -4.29. The number of imide groups is 1. The molecule has 20 heavy (non-hydrogen) atoms. The molecule has 1 unspecified atom stereocenters. The first-order valence-electron chi connectivity index (χ1n) is 5.47. The van der Waals surface area contributed by atoms with Gasteiger partial charge in [-0.2, -0.15) is 4.72 Å². The Morgan fingerprint density at radius 1 is 1.20 bits per heavy atom. The van der Waals surface area contributed by atoms with Crippen LogP contribution in [0.15, 0.2) is 20.7 Å². The lowest BCUT2D eigenvalue weighted by atomic mass is 10.1. The molecule has 2 amide bonds. The predicted molar refractivity (Wildman–Crippen MR) is 64.2 cm³/mol. The Morgan fingerprint density at radius 3 is 2.50 bits per heavy atom. The van der Waals surface area contributed by atoms with E-state index in [4.69, 9.17) is 0 Å². The zero-order valence-electron chi connectivity index (χ0n) is 9.93. The molecule has 1 atom stereocenters. The molecule has 1 aromatic heterocycles. The summed E-state index contributed by atoms with van der Waals surface area (Å²) in [5.74, 6) is -1.28. The molecule has 0 saturated carbocycles. The highest BCUT2D eigenvalue weighted by Crippen LogP contribution is 2.08. The molecule has 0 bridgehead atoms. The number of hydrogen-bond donors (Lipinski definition) is 4. The average molecular weight is 302 g/mol. The number of nitrogens with one attached hydrogen (secondary N) is 4. The molecular weight excluding hydrogens is 292 g/mol. The number of rotatable bonds is 3. The largest absolute Gasteiger partial charge is 0.325 e. The lowest BCUT2D eigenvalue weighted by Crippen LogP contribution is -2.52. The van der Waals surface area contributed by atoms with Gasteiger partial charge in [-0.1, -0.05) is 0 Å². The fraction of sp³-hybridized carbons (Fsp3) is 0.333. The number of aromatic nitrogens is 2. The van der Waals surface area contributed by atoms with Gasteiger partial charge in [-0.3, -0.25) is 24.7 Å². The quantitative estimate of drug-likeness (QED) is 0.440. The van der Waals surface area contributed by atoms with E-state index in [0.717, 1.165) is 6.20 Å². The zero-order chi connectivity index (χ0) is 14.9. The maximum atomic E-state index is 11.9. The summed E-state index contributed by atoms with van der Waals surface area (Å²) in [5, 5.41) is 1.98. The van der Waals surface area contributed by atoms with Gasteiger partial charge in [0.05, 0.1) is 0 Å². The lowest BCUT2D eigenvalue weighted by molar-refractivity contribution is -0.134. The zero-order valence-corrected chi connectivity index (χ0v) is 10.7. The van der Waals surface area contributed by atoms with E-state index in [9.17, 15) is 27.6 Å². The summed E-state index contributed by atoms with van der Waals surface area (Å²) in [5.41, 5.74) is -1.96. The summed E-state index contributed by atoms with van der Waals surface area (Å²) in [4.78, 5) is 47.7. The molecule has 0 aromatic carbocycles. The lowest BCUT2D eigenvalue weighted by Gasteiger charge is -2.21. The van der Waals surface area contributed by atoms with Gasteiger partial charge in [-0.25, -0.2) is 13.2 Å². The monoisotopic (exact) mass is 302 g/mol. The van der Waals surface area contributed by atoms with Crippen LogP contribution in [0.25, 0.3) is 0 Å². The van der Waals surface area contributed by atoms with E-state index >= 15 is 0 Å². The first-order chi connectivity index (χ1) is 9.29. The van der Waals surface area contributed by atoms with Gasteiger partial charge in [0.25, 0.3) is 5.56 Å². The van der Waals surface area contributed by atoms with Crippen molar-refractivity contribution < 1.29 is 18.0 Å². The summed E-state index contributed by atoms with van der Waals surface area (Å²) in [6.45, 7) is 0. The first kappa shape index (κ1) is 14.1. The van der Waals surface area contributed by atoms with Crippen LogP contribution in [0.5, 0.6) is 0 Å². The minimum absolute atomic E-state index is 0.00877. The topological polar surface area (TPSA) is 158 Å². The summed E-state index contributed by atoms with van der Waals surface area (Å²) < 4.78 is 25.9. The van der Waals surface area contributed by atoms with Gasteiger partial charge in [-0.05, 0) is 6.42 Å². The van der Waals surface area contributed by atoms with E-state index < -0.39 is 44.0 Å². The van der Waals surface area contributed by atoms with Crippen molar-refractivity contribution in [2.75, 3.05) is 0 Å². The Morgan fingerprint density at radius 2 is 1.90 bits per heavy atom. The molecule has 0 spiro atoms. The van der Waals surface area contributed by atoms with E-state index in [1.165, 1.54) is 0 Å². The van der Waals surface area contributed by atoms with Gasteiger partial charge in [-0.15, -0.1) is 0 Å². The molecule has 2 heterocycles. The normalized spacial score (nSPS) is 19.7. The highest BCUT2D eigenvalue weighted by Gasteiger charge is 2.31. The molecule has 1 saturated heterocycles. The minimum atomic E-state index is -4.29. The highest BCUT2D eigenvalue weighted by atomic mass is 32.2. The van der Waals surface area contributed by atoms with Gasteiger partial charge in [0.2, 0.25) is 21.8 Å². The van der Waals surface area contributed by atoms with Crippen LogP contribution in [0.3, 0.4) is 0 Å². The molecule has 0 radical (unpaired) electrons. The molecule has 10 nitrogen and oxygen atoms in total. The predicted octanol–water partition coefficient (Wildman–Crippen LogP) is -2.85. The van der Waals surface area contributed by atoms with E-state index in [1.54, 1.807) is 4.98 Å². The SMILES string of the molecule is O=C1CCC(NS(=O)(=O)c2c[nH]c(=O)[nH]c2=O)C(=O)N1. The highest BCUT2D eigenvalue weighted by molar-refractivity contribution is 7.89. The van der Waals surface area contributed by atoms with Crippen LogP contribution in [0, 0.1) is 0 Å². The second-order valence-electron chi connectivity index (χ2n) is 4.06. The molecule has 1 aromatic rings. The smallest absolute Gasteiger partial charge is 0.313 e. The number of carbonyl (C=O) groups is 2. The third-order valence-electron chi connectivity index (χ3n) is 2.61. The van der Waals surface area contributed by atoms with Gasteiger partial charge >= 0.3 is 5.69 Å². The standard InChI is InChI=1S/C9H10N4O6S/c14-6-2-1-4(7(15)11-6)13-20(18,19)5-3-10-9(17)12-8(5)16/h3-4,13H,1-2H2,(H,11,14,15)(H2,10,12,16,17). The molecule has 2 rings (SSSR count). The summed E-state index contributed by atoms with van der Waals surface area (Å²) >= 11 is 0. The first-order valence-corrected chi connectivity index (χ1v) is 6.96. The van der Waals surface area contributed by atoms with E-state index in [-0.39, 0.29) is 12.8 Å². The average Bonchev–Trinajstić information content (AvgIpc) is 2.32. The number of aromatic amines is 2. The molecule has 1 aliphatic heterocycles. The Bertz CT molecular complexity index is 776. The molecule has 0 aliphatic carbocycles. The second-order valence-corrected chi connectivity index (χ2v) is 5.74. The van der Waals surface area contributed by atoms with Crippen molar-refractivity contribution in [2.24, 2.45) is 0 Å². The second kappa shape index (κ2) is 5.02. The van der Waals surface area contributed by atoms with Crippen molar-refractivity contribution in [3.63, 3.8) is 0 Å². The Balaban J connectivity index is 2.28. The van der Waals surface area contributed by atoms with Crippen molar-refractivity contribution in [3.05, 3.63) is 27.0 Å². The summed E-state index contributed by atoms with van der Waals surface area (Å²) in [6.07, 6.45) is 0.710. The van der Waals surface area contributed by atoms with Crippen molar-refractivity contribution >= 4 is 21.8 Å². The molecule has 4 N–H and O–H groups in total. The number of amides is 2. The Hall–Kier alpha value is -2.27. The number of piperidine rings is 1. The van der Waals surface area contributed by atoms with Crippen LogP contribution in [0.2, 0.25) is 0 Å². The Kier molecular flexibility index (Phi) is 3.55. The van der Waals surface area contributed by atoms with Crippen molar-refractivity contribution in [1.82, 2.24) is 20.0 Å². The van der Waals surface area contributed by atoms with E-state index in [1.807, 2.05) is 15.0 Å². The molecule has 1 fully saturated rings. The number of sulfonamides is 1. The van der Waals surface area contributed by atoms with Crippen LogP contribution < -0.4 is 21.3 Å². The maximum Gasteiger partial charge on any atom is 0.325 e. The van der Waals surface area contributed by atoms with Crippen LogP contribution in [-0.2, 0) is 19.6 Å². The van der Waals surface area contributed by atoms with Gasteiger partial charge in [0, 0.05) is 12.6 Å². The third kappa shape index (κ3) is 2.83. The van der Waals surface area contributed by atoms with Crippen molar-refractivity contribution in [3.8, 4) is 0 Å². The molecule has 108 valence electrons. The van der Waals surface area contributed by atoms with E-state index in [0.29, 0.717) is 0 Å². The van der Waals surface area contributed by atoms with Crippen LogP contribution in [0.1, 0.15) is 12.8 Å². The molecule has 1 aliphatic rings. The molecular formula is C9H10N4O6S. The fourth-order valence-electron chi connectivity index (χ4n) is 1.65. The van der Waals surface area contributed by atoms with Crippen molar-refractivity contribution in [1.29, 1.82) is 0 Å².